The summed E-state index contributed by atoms with van der Waals surface area (Å²) in [5.74, 6) is -0.532. The van der Waals surface area contributed by atoms with E-state index in [9.17, 15) is 14.0 Å². The van der Waals surface area contributed by atoms with Gasteiger partial charge in [0, 0.05) is 26.2 Å². The lowest BCUT2D eigenvalue weighted by molar-refractivity contribution is 0.188. The molecule has 26 heavy (non-hydrogen) atoms. The quantitative estimate of drug-likeness (QED) is 0.739. The van der Waals surface area contributed by atoms with Gasteiger partial charge in [-0.25, -0.2) is 18.8 Å². The highest BCUT2D eigenvalue weighted by Gasteiger charge is 2.26. The second-order valence-electron chi connectivity index (χ2n) is 5.95. The molecule has 1 aromatic carbocycles. The van der Waals surface area contributed by atoms with Crippen molar-refractivity contribution in [2.24, 2.45) is 0 Å². The Morgan fingerprint density at radius 1 is 1.46 bits per heavy atom. The van der Waals surface area contributed by atoms with Crippen molar-refractivity contribution in [3.05, 3.63) is 39.2 Å². The SMILES string of the molecule is CCC(NC(=O)O)c1nc2c(F)ccc(Cl)c2c(=O)n1N1CCNCC1. The van der Waals surface area contributed by atoms with Crippen LogP contribution < -0.4 is 21.2 Å². The zero-order chi connectivity index (χ0) is 18.8. The lowest BCUT2D eigenvalue weighted by Gasteiger charge is -2.33. The number of aromatic nitrogens is 2. The Labute approximate surface area is 153 Å². The number of amides is 1. The standard InChI is InChI=1S/C16H19ClFN5O3/c1-2-11(20-16(25)26)14-21-13-10(18)4-3-9(17)12(13)15(24)23(14)22-7-5-19-6-8-22/h3-4,11,19-20H,2,5-8H2,1H3,(H,25,26). The van der Waals surface area contributed by atoms with Crippen LogP contribution in [0.25, 0.3) is 10.9 Å². The van der Waals surface area contributed by atoms with E-state index in [0.29, 0.717) is 32.6 Å². The normalized spacial score (nSPS) is 15.9. The van der Waals surface area contributed by atoms with Gasteiger partial charge in [0.25, 0.3) is 5.56 Å². The van der Waals surface area contributed by atoms with Crippen molar-refractivity contribution in [2.45, 2.75) is 19.4 Å². The molecular formula is C16H19ClFN5O3. The zero-order valence-electron chi connectivity index (χ0n) is 14.1. The third-order valence-electron chi connectivity index (χ3n) is 4.32. The number of hydrogen-bond acceptors (Lipinski definition) is 5. The molecule has 1 amide bonds. The Balaban J connectivity index is 2.30. The molecule has 3 N–H and O–H groups in total. The van der Waals surface area contributed by atoms with E-state index in [1.165, 1.54) is 10.7 Å². The number of rotatable bonds is 4. The molecule has 1 fully saturated rings. The number of piperazine rings is 1. The first kappa shape index (κ1) is 18.4. The summed E-state index contributed by atoms with van der Waals surface area (Å²) < 4.78 is 15.6. The number of halogens is 2. The van der Waals surface area contributed by atoms with Crippen molar-refractivity contribution in [1.82, 2.24) is 20.3 Å². The largest absolute Gasteiger partial charge is 0.465 e. The minimum atomic E-state index is -1.25. The third-order valence-corrected chi connectivity index (χ3v) is 4.64. The Bertz CT molecular complexity index is 898. The molecule has 1 saturated heterocycles. The molecular weight excluding hydrogens is 365 g/mol. The lowest BCUT2D eigenvalue weighted by atomic mass is 10.1. The fourth-order valence-electron chi connectivity index (χ4n) is 3.08. The highest BCUT2D eigenvalue weighted by Crippen LogP contribution is 2.24. The smallest absolute Gasteiger partial charge is 0.405 e. The Kier molecular flexibility index (Phi) is 5.28. The number of carbonyl (C=O) groups is 1. The average molecular weight is 384 g/mol. The highest BCUT2D eigenvalue weighted by atomic mass is 35.5. The van der Waals surface area contributed by atoms with E-state index in [1.54, 1.807) is 11.9 Å². The summed E-state index contributed by atoms with van der Waals surface area (Å²) in [7, 11) is 0. The summed E-state index contributed by atoms with van der Waals surface area (Å²) >= 11 is 6.13. The van der Waals surface area contributed by atoms with Crippen molar-refractivity contribution in [1.29, 1.82) is 0 Å². The Morgan fingerprint density at radius 2 is 2.15 bits per heavy atom. The molecule has 3 rings (SSSR count). The van der Waals surface area contributed by atoms with E-state index in [1.807, 2.05) is 0 Å². The molecule has 0 aliphatic carbocycles. The number of carboxylic acid groups (broad SMARTS) is 1. The first-order chi connectivity index (χ1) is 12.4. The Hall–Kier alpha value is -2.39. The van der Waals surface area contributed by atoms with Gasteiger partial charge in [-0.2, -0.15) is 0 Å². The average Bonchev–Trinajstić information content (AvgIpc) is 2.63. The molecule has 1 aromatic heterocycles. The van der Waals surface area contributed by atoms with Crippen LogP contribution in [0.1, 0.15) is 25.2 Å². The van der Waals surface area contributed by atoms with Crippen molar-refractivity contribution in [3.8, 4) is 0 Å². The fourth-order valence-corrected chi connectivity index (χ4v) is 3.31. The van der Waals surface area contributed by atoms with E-state index in [-0.39, 0.29) is 21.7 Å². The number of nitrogens with one attached hydrogen (secondary N) is 2. The van der Waals surface area contributed by atoms with E-state index in [2.05, 4.69) is 15.6 Å². The van der Waals surface area contributed by atoms with E-state index in [0.717, 1.165) is 6.07 Å². The van der Waals surface area contributed by atoms with E-state index < -0.39 is 23.5 Å². The van der Waals surface area contributed by atoms with Crippen LogP contribution >= 0.6 is 11.6 Å². The first-order valence-electron chi connectivity index (χ1n) is 8.30. The van der Waals surface area contributed by atoms with E-state index >= 15 is 0 Å². The minimum absolute atomic E-state index is 0.0147. The highest BCUT2D eigenvalue weighted by molar-refractivity contribution is 6.35. The molecule has 10 heteroatoms. The maximum atomic E-state index is 14.3. The summed E-state index contributed by atoms with van der Waals surface area (Å²) in [4.78, 5) is 28.6. The van der Waals surface area contributed by atoms with Crippen LogP contribution in [0.15, 0.2) is 16.9 Å². The van der Waals surface area contributed by atoms with Crippen LogP contribution in [0, 0.1) is 5.82 Å². The van der Waals surface area contributed by atoms with Gasteiger partial charge >= 0.3 is 6.09 Å². The van der Waals surface area contributed by atoms with Crippen LogP contribution in [0.3, 0.4) is 0 Å². The monoisotopic (exact) mass is 383 g/mol. The van der Waals surface area contributed by atoms with Crippen LogP contribution in [0.2, 0.25) is 5.02 Å². The fraction of sp³-hybridized carbons (Fsp3) is 0.438. The number of nitrogens with zero attached hydrogens (tertiary/aromatic N) is 3. The van der Waals surface area contributed by atoms with Crippen molar-refractivity contribution in [2.75, 3.05) is 31.2 Å². The lowest BCUT2D eigenvalue weighted by Crippen LogP contribution is -2.54. The molecule has 0 radical (unpaired) electrons. The van der Waals surface area contributed by atoms with Gasteiger partial charge in [0.15, 0.2) is 5.82 Å². The van der Waals surface area contributed by atoms with Gasteiger partial charge in [-0.15, -0.1) is 0 Å². The summed E-state index contributed by atoms with van der Waals surface area (Å²) in [6.07, 6.45) is -0.900. The van der Waals surface area contributed by atoms with Gasteiger partial charge in [0.2, 0.25) is 0 Å². The van der Waals surface area contributed by atoms with Gasteiger partial charge in [0.1, 0.15) is 11.3 Å². The maximum Gasteiger partial charge on any atom is 0.405 e. The summed E-state index contributed by atoms with van der Waals surface area (Å²) in [5.41, 5.74) is -0.670. The maximum absolute atomic E-state index is 14.3. The predicted molar refractivity (Wildman–Crippen MR) is 96.0 cm³/mol. The molecule has 2 heterocycles. The summed E-state index contributed by atoms with van der Waals surface area (Å²) in [6, 6.07) is 1.69. The zero-order valence-corrected chi connectivity index (χ0v) is 14.9. The molecule has 1 aliphatic rings. The number of hydrogen-bond donors (Lipinski definition) is 3. The predicted octanol–water partition coefficient (Wildman–Crippen LogP) is 1.45. The Morgan fingerprint density at radius 3 is 2.77 bits per heavy atom. The topological polar surface area (TPSA) is 99.5 Å². The van der Waals surface area contributed by atoms with E-state index in [4.69, 9.17) is 16.7 Å². The minimum Gasteiger partial charge on any atom is -0.465 e. The van der Waals surface area contributed by atoms with Crippen LogP contribution in [-0.4, -0.2) is 47.0 Å². The number of benzene rings is 1. The summed E-state index contributed by atoms with van der Waals surface area (Å²) in [5, 5.41) is 16.5. The molecule has 1 atom stereocenters. The molecule has 0 bridgehead atoms. The van der Waals surface area contributed by atoms with Crippen LogP contribution in [0.5, 0.6) is 0 Å². The van der Waals surface area contributed by atoms with Gasteiger partial charge < -0.3 is 20.7 Å². The van der Waals surface area contributed by atoms with Crippen molar-refractivity contribution in [3.63, 3.8) is 0 Å². The van der Waals surface area contributed by atoms with Crippen molar-refractivity contribution >= 4 is 28.6 Å². The molecule has 2 aromatic rings. The second kappa shape index (κ2) is 7.46. The molecule has 1 aliphatic heterocycles. The first-order valence-corrected chi connectivity index (χ1v) is 8.68. The molecule has 1 unspecified atom stereocenters. The number of fused-ring (bicyclic) bond motifs is 1. The van der Waals surface area contributed by atoms with Gasteiger partial charge in [-0.3, -0.25) is 4.79 Å². The molecule has 140 valence electrons. The third kappa shape index (κ3) is 3.32. The van der Waals surface area contributed by atoms with Gasteiger partial charge in [-0.1, -0.05) is 18.5 Å². The van der Waals surface area contributed by atoms with Gasteiger partial charge in [-0.05, 0) is 18.6 Å². The van der Waals surface area contributed by atoms with Gasteiger partial charge in [0.05, 0.1) is 16.5 Å². The van der Waals surface area contributed by atoms with Crippen LogP contribution in [0.4, 0.5) is 9.18 Å². The molecule has 0 saturated carbocycles. The van der Waals surface area contributed by atoms with Crippen molar-refractivity contribution < 1.29 is 14.3 Å². The van der Waals surface area contributed by atoms with Crippen LogP contribution in [-0.2, 0) is 0 Å². The molecule has 0 spiro atoms. The second-order valence-corrected chi connectivity index (χ2v) is 6.36. The molecule has 8 nitrogen and oxygen atoms in total. The summed E-state index contributed by atoms with van der Waals surface area (Å²) in [6.45, 7) is 4.12.